The molecule has 3 unspecified atom stereocenters. The molecule has 2 saturated carbocycles. The molecule has 3 heteroatoms. The zero-order valence-corrected chi connectivity index (χ0v) is 12.7. The van der Waals surface area contributed by atoms with Crippen LogP contribution in [-0.2, 0) is 0 Å². The van der Waals surface area contributed by atoms with E-state index < -0.39 is 0 Å². The summed E-state index contributed by atoms with van der Waals surface area (Å²) in [4.78, 5) is 3.50. The summed E-state index contributed by atoms with van der Waals surface area (Å²) < 4.78 is 1.27. The van der Waals surface area contributed by atoms with Crippen LogP contribution in [0.5, 0.6) is 0 Å². The number of thiophene rings is 1. The summed E-state index contributed by atoms with van der Waals surface area (Å²) in [6, 6.07) is 2.29. The molecular weight excluding hydrogens is 336 g/mol. The molecule has 1 heterocycles. The molecule has 1 aromatic heterocycles. The van der Waals surface area contributed by atoms with Crippen molar-refractivity contribution in [3.05, 3.63) is 20.3 Å². The molecule has 3 rings (SSSR count). The lowest BCUT2D eigenvalue weighted by atomic mass is 9.99. The van der Waals surface area contributed by atoms with Gasteiger partial charge in [-0.05, 0) is 65.9 Å². The first-order valence-electron chi connectivity index (χ1n) is 5.55. The molecule has 2 aliphatic rings. The van der Waals surface area contributed by atoms with Crippen molar-refractivity contribution in [3.63, 3.8) is 0 Å². The van der Waals surface area contributed by atoms with Crippen LogP contribution in [-0.4, -0.2) is 0 Å². The van der Waals surface area contributed by atoms with Crippen molar-refractivity contribution in [2.75, 3.05) is 0 Å². The molecule has 0 amide bonds. The summed E-state index contributed by atoms with van der Waals surface area (Å²) in [7, 11) is 0. The number of hydrogen-bond donors (Lipinski definition) is 0. The Labute approximate surface area is 112 Å². The van der Waals surface area contributed by atoms with E-state index in [-0.39, 0.29) is 0 Å². The van der Waals surface area contributed by atoms with E-state index in [1.54, 1.807) is 0 Å². The van der Waals surface area contributed by atoms with Gasteiger partial charge in [-0.2, -0.15) is 0 Å². The van der Waals surface area contributed by atoms with Crippen LogP contribution in [0.25, 0.3) is 0 Å². The Kier molecular flexibility index (Phi) is 2.77. The maximum Gasteiger partial charge on any atom is 0.0518 e. The van der Waals surface area contributed by atoms with Gasteiger partial charge in [0.05, 0.1) is 4.83 Å². The summed E-state index contributed by atoms with van der Waals surface area (Å²) in [5.41, 5.74) is 0. The SMILES string of the molecule is Cc1sc(C(Br)C2CC3CC3C2)cc1Br. The number of halogens is 2. The van der Waals surface area contributed by atoms with Crippen molar-refractivity contribution in [3.8, 4) is 0 Å². The van der Waals surface area contributed by atoms with Crippen LogP contribution in [0.3, 0.4) is 0 Å². The first kappa shape index (κ1) is 10.8. The van der Waals surface area contributed by atoms with Gasteiger partial charge in [0.15, 0.2) is 0 Å². The first-order chi connectivity index (χ1) is 7.15. The molecule has 0 aromatic carbocycles. The van der Waals surface area contributed by atoms with E-state index in [0.29, 0.717) is 4.83 Å². The molecule has 1 aromatic rings. The molecule has 3 atom stereocenters. The van der Waals surface area contributed by atoms with Crippen molar-refractivity contribution in [2.24, 2.45) is 17.8 Å². The number of alkyl halides is 1. The lowest BCUT2D eigenvalue weighted by molar-refractivity contribution is 0.485. The van der Waals surface area contributed by atoms with Gasteiger partial charge >= 0.3 is 0 Å². The number of rotatable bonds is 2. The lowest BCUT2D eigenvalue weighted by Gasteiger charge is -2.17. The third kappa shape index (κ3) is 1.96. The minimum Gasteiger partial charge on any atom is -0.143 e. The van der Waals surface area contributed by atoms with Gasteiger partial charge in [0.25, 0.3) is 0 Å². The molecule has 82 valence electrons. The van der Waals surface area contributed by atoms with E-state index in [1.165, 1.54) is 33.5 Å². The maximum atomic E-state index is 3.90. The van der Waals surface area contributed by atoms with Crippen LogP contribution < -0.4 is 0 Å². The molecule has 0 N–H and O–H groups in total. The minimum atomic E-state index is 0.597. The van der Waals surface area contributed by atoms with Gasteiger partial charge < -0.3 is 0 Å². The number of hydrogen-bond acceptors (Lipinski definition) is 1. The molecule has 2 fully saturated rings. The second kappa shape index (κ2) is 3.85. The average Bonchev–Trinajstić information content (AvgIpc) is 2.66. The van der Waals surface area contributed by atoms with Crippen molar-refractivity contribution in [2.45, 2.75) is 31.0 Å². The summed E-state index contributed by atoms with van der Waals surface area (Å²) in [5, 5.41) is 0. The highest BCUT2D eigenvalue weighted by atomic mass is 79.9. The molecule has 15 heavy (non-hydrogen) atoms. The zero-order valence-electron chi connectivity index (χ0n) is 8.67. The van der Waals surface area contributed by atoms with Crippen LogP contribution in [0.1, 0.15) is 33.8 Å². The van der Waals surface area contributed by atoms with Crippen LogP contribution in [0, 0.1) is 24.7 Å². The van der Waals surface area contributed by atoms with E-state index >= 15 is 0 Å². The fourth-order valence-electron chi connectivity index (χ4n) is 2.85. The van der Waals surface area contributed by atoms with Crippen LogP contribution in [0.2, 0.25) is 0 Å². The normalized spacial score (nSPS) is 35.3. The summed E-state index contributed by atoms with van der Waals surface area (Å²) in [6.45, 7) is 2.18. The Morgan fingerprint density at radius 2 is 2.00 bits per heavy atom. The van der Waals surface area contributed by atoms with E-state index in [9.17, 15) is 0 Å². The second-order valence-electron chi connectivity index (χ2n) is 4.94. The third-order valence-corrected chi connectivity index (χ3v) is 7.61. The molecule has 0 radical (unpaired) electrons. The van der Waals surface area contributed by atoms with Gasteiger partial charge in [0.2, 0.25) is 0 Å². The van der Waals surface area contributed by atoms with Gasteiger partial charge in [-0.25, -0.2) is 0 Å². The van der Waals surface area contributed by atoms with Gasteiger partial charge in [-0.3, -0.25) is 0 Å². The lowest BCUT2D eigenvalue weighted by Crippen LogP contribution is -2.03. The van der Waals surface area contributed by atoms with Gasteiger partial charge in [-0.15, -0.1) is 11.3 Å². The Hall–Kier alpha value is 0.660. The van der Waals surface area contributed by atoms with Crippen LogP contribution in [0.15, 0.2) is 10.5 Å². The standard InChI is InChI=1S/C12H14Br2S/c1-6-10(13)5-11(15-6)12(14)9-3-7-2-8(7)4-9/h5,7-9,12H,2-4H2,1H3. The van der Waals surface area contributed by atoms with Crippen molar-refractivity contribution in [1.29, 1.82) is 0 Å². The molecule has 0 aliphatic heterocycles. The maximum absolute atomic E-state index is 3.90. The van der Waals surface area contributed by atoms with E-state index in [4.69, 9.17) is 0 Å². The second-order valence-corrected chi connectivity index (χ2v) is 8.07. The summed E-state index contributed by atoms with van der Waals surface area (Å²) >= 11 is 9.43. The van der Waals surface area contributed by atoms with Crippen LogP contribution >= 0.6 is 43.2 Å². The van der Waals surface area contributed by atoms with Gasteiger partial charge in [-0.1, -0.05) is 15.9 Å². The highest BCUT2D eigenvalue weighted by Crippen LogP contribution is 2.59. The predicted octanol–water partition coefficient (Wildman–Crippen LogP) is 5.30. The Morgan fingerprint density at radius 1 is 1.33 bits per heavy atom. The Bertz CT molecular complexity index is 355. The average molecular weight is 350 g/mol. The highest BCUT2D eigenvalue weighted by Gasteiger charge is 2.47. The van der Waals surface area contributed by atoms with E-state index in [1.807, 2.05) is 11.3 Å². The number of aryl methyl sites for hydroxylation is 1. The van der Waals surface area contributed by atoms with Crippen molar-refractivity contribution in [1.82, 2.24) is 0 Å². The van der Waals surface area contributed by atoms with Crippen LogP contribution in [0.4, 0.5) is 0 Å². The quantitative estimate of drug-likeness (QED) is 0.635. The molecule has 0 saturated heterocycles. The van der Waals surface area contributed by atoms with E-state index in [0.717, 1.165) is 17.8 Å². The smallest absolute Gasteiger partial charge is 0.0518 e. The molecule has 0 bridgehead atoms. The summed E-state index contributed by atoms with van der Waals surface area (Å²) in [6.07, 6.45) is 4.42. The molecule has 2 aliphatic carbocycles. The Morgan fingerprint density at radius 3 is 2.53 bits per heavy atom. The van der Waals surface area contributed by atoms with Crippen molar-refractivity contribution >= 4 is 43.2 Å². The Balaban J connectivity index is 1.76. The highest BCUT2D eigenvalue weighted by molar-refractivity contribution is 9.10. The minimum absolute atomic E-state index is 0.597. The topological polar surface area (TPSA) is 0 Å². The monoisotopic (exact) mass is 348 g/mol. The van der Waals surface area contributed by atoms with E-state index in [2.05, 4.69) is 44.8 Å². The largest absolute Gasteiger partial charge is 0.143 e. The fraction of sp³-hybridized carbons (Fsp3) is 0.667. The molecular formula is C12H14Br2S. The predicted molar refractivity (Wildman–Crippen MR) is 72.7 cm³/mol. The third-order valence-electron chi connectivity index (χ3n) is 3.84. The number of fused-ring (bicyclic) bond motifs is 1. The fourth-order valence-corrected chi connectivity index (χ4v) is 5.33. The summed E-state index contributed by atoms with van der Waals surface area (Å²) in [5.74, 6) is 3.05. The van der Waals surface area contributed by atoms with Gasteiger partial charge in [0, 0.05) is 14.2 Å². The molecule has 0 spiro atoms. The first-order valence-corrected chi connectivity index (χ1v) is 8.07. The molecule has 0 nitrogen and oxygen atoms in total. The van der Waals surface area contributed by atoms with Gasteiger partial charge in [0.1, 0.15) is 0 Å². The van der Waals surface area contributed by atoms with Crippen molar-refractivity contribution < 1.29 is 0 Å². The zero-order chi connectivity index (χ0) is 10.6.